The highest BCUT2D eigenvalue weighted by atomic mass is 16.6. The molecule has 0 unspecified atom stereocenters. The average Bonchev–Trinajstić information content (AvgIpc) is 2.57. The van der Waals surface area contributed by atoms with E-state index in [0.717, 1.165) is 0 Å². The molecule has 0 aliphatic carbocycles. The van der Waals surface area contributed by atoms with Crippen molar-refractivity contribution in [2.45, 2.75) is 26.4 Å². The van der Waals surface area contributed by atoms with Gasteiger partial charge in [0.1, 0.15) is 17.1 Å². The second-order valence-corrected chi connectivity index (χ2v) is 4.78. The molecule has 0 radical (unpaired) electrons. The maximum atomic E-state index is 11.6. The van der Waals surface area contributed by atoms with E-state index in [1.807, 2.05) is 0 Å². The van der Waals surface area contributed by atoms with Crippen molar-refractivity contribution in [3.8, 4) is 0 Å². The maximum absolute atomic E-state index is 11.6. The molecule has 1 aromatic heterocycles. The quantitative estimate of drug-likeness (QED) is 0.821. The van der Waals surface area contributed by atoms with Crippen molar-refractivity contribution >= 4 is 17.9 Å². The van der Waals surface area contributed by atoms with Crippen LogP contribution in [0.5, 0.6) is 0 Å². The Hall–Kier alpha value is -1.98. The van der Waals surface area contributed by atoms with E-state index in [9.17, 15) is 9.59 Å². The summed E-state index contributed by atoms with van der Waals surface area (Å²) in [4.78, 5) is 22.9. The number of hydrogen-bond acceptors (Lipinski definition) is 4. The van der Waals surface area contributed by atoms with Crippen molar-refractivity contribution in [1.29, 1.82) is 0 Å². The topological polar surface area (TPSA) is 69.6 Å². The van der Waals surface area contributed by atoms with E-state index in [2.05, 4.69) is 10.1 Å². The molecule has 0 spiro atoms. The zero-order chi connectivity index (χ0) is 13.9. The Kier molecular flexibility index (Phi) is 4.00. The van der Waals surface area contributed by atoms with Crippen LogP contribution in [0.25, 0.3) is 0 Å². The zero-order valence-corrected chi connectivity index (χ0v) is 11.2. The molecule has 1 amide bonds. The SMILES string of the molecule is COC(=O)c1ccc(NC(=O)OC(C)(C)C)n1C. The van der Waals surface area contributed by atoms with Gasteiger partial charge in [0.25, 0.3) is 0 Å². The van der Waals surface area contributed by atoms with Crippen molar-refractivity contribution in [1.82, 2.24) is 4.57 Å². The number of nitrogens with one attached hydrogen (secondary N) is 1. The number of ether oxygens (including phenoxy) is 2. The monoisotopic (exact) mass is 254 g/mol. The van der Waals surface area contributed by atoms with Gasteiger partial charge in [-0.2, -0.15) is 0 Å². The number of carbonyl (C=O) groups excluding carboxylic acids is 2. The van der Waals surface area contributed by atoms with Gasteiger partial charge in [0.15, 0.2) is 0 Å². The lowest BCUT2D eigenvalue weighted by atomic mass is 10.2. The van der Waals surface area contributed by atoms with Gasteiger partial charge in [-0.3, -0.25) is 5.32 Å². The molecule has 0 aliphatic heterocycles. The molecule has 18 heavy (non-hydrogen) atoms. The van der Waals surface area contributed by atoms with Gasteiger partial charge in [0.05, 0.1) is 7.11 Å². The molecule has 6 nitrogen and oxygen atoms in total. The van der Waals surface area contributed by atoms with Crippen molar-refractivity contribution in [3.63, 3.8) is 0 Å². The highest BCUT2D eigenvalue weighted by Gasteiger charge is 2.18. The highest BCUT2D eigenvalue weighted by Crippen LogP contribution is 2.15. The first kappa shape index (κ1) is 14.1. The van der Waals surface area contributed by atoms with Gasteiger partial charge in [-0.05, 0) is 32.9 Å². The van der Waals surface area contributed by atoms with E-state index in [-0.39, 0.29) is 0 Å². The minimum atomic E-state index is -0.569. The van der Waals surface area contributed by atoms with Gasteiger partial charge < -0.3 is 14.0 Å². The Balaban J connectivity index is 2.78. The van der Waals surface area contributed by atoms with E-state index >= 15 is 0 Å². The molecule has 0 fully saturated rings. The lowest BCUT2D eigenvalue weighted by molar-refractivity contribution is 0.0585. The normalized spacial score (nSPS) is 10.9. The van der Waals surface area contributed by atoms with E-state index in [0.29, 0.717) is 11.5 Å². The first-order valence-electron chi connectivity index (χ1n) is 5.48. The smallest absolute Gasteiger partial charge is 0.413 e. The molecule has 0 atom stereocenters. The molecule has 0 saturated heterocycles. The number of hydrogen-bond donors (Lipinski definition) is 1. The third-order valence-electron chi connectivity index (χ3n) is 2.15. The van der Waals surface area contributed by atoms with Crippen molar-refractivity contribution in [2.24, 2.45) is 7.05 Å². The van der Waals surface area contributed by atoms with Gasteiger partial charge in [-0.1, -0.05) is 0 Å². The van der Waals surface area contributed by atoms with Gasteiger partial charge in [-0.25, -0.2) is 9.59 Å². The standard InChI is InChI=1S/C12H18N2O4/c1-12(2,3)18-11(16)13-9-7-6-8(14(9)4)10(15)17-5/h6-7H,1-5H3,(H,13,16). The van der Waals surface area contributed by atoms with E-state index < -0.39 is 17.7 Å². The summed E-state index contributed by atoms with van der Waals surface area (Å²) < 4.78 is 11.2. The van der Waals surface area contributed by atoms with Crippen LogP contribution in [0.15, 0.2) is 12.1 Å². The number of amides is 1. The van der Waals surface area contributed by atoms with E-state index in [1.54, 1.807) is 40.0 Å². The molecule has 0 aromatic carbocycles. The Labute approximate surface area is 106 Å². The number of carbonyl (C=O) groups is 2. The highest BCUT2D eigenvalue weighted by molar-refractivity contribution is 5.90. The van der Waals surface area contributed by atoms with Crippen LogP contribution in [-0.2, 0) is 16.5 Å². The van der Waals surface area contributed by atoms with Crippen LogP contribution in [0.3, 0.4) is 0 Å². The van der Waals surface area contributed by atoms with Crippen molar-refractivity contribution < 1.29 is 19.1 Å². The van der Waals surface area contributed by atoms with Crippen LogP contribution < -0.4 is 5.32 Å². The predicted molar refractivity (Wildman–Crippen MR) is 66.6 cm³/mol. The lowest BCUT2D eigenvalue weighted by Gasteiger charge is -2.19. The molecule has 1 rings (SSSR count). The van der Waals surface area contributed by atoms with Gasteiger partial charge in [0.2, 0.25) is 0 Å². The molecule has 6 heteroatoms. The summed E-state index contributed by atoms with van der Waals surface area (Å²) in [6, 6.07) is 3.18. The Morgan fingerprint density at radius 1 is 1.28 bits per heavy atom. The summed E-state index contributed by atoms with van der Waals surface area (Å²) in [6.07, 6.45) is -0.569. The first-order chi connectivity index (χ1) is 8.24. The number of methoxy groups -OCH3 is 1. The molecule has 1 N–H and O–H groups in total. The molecule has 100 valence electrons. The fraction of sp³-hybridized carbons (Fsp3) is 0.500. The first-order valence-corrected chi connectivity index (χ1v) is 5.48. The van der Waals surface area contributed by atoms with E-state index in [4.69, 9.17) is 4.74 Å². The number of rotatable bonds is 2. The minimum absolute atomic E-state index is 0.351. The second-order valence-electron chi connectivity index (χ2n) is 4.78. The van der Waals surface area contributed by atoms with E-state index in [1.165, 1.54) is 11.7 Å². The Bertz CT molecular complexity index is 457. The molecule has 1 aromatic rings. The summed E-state index contributed by atoms with van der Waals surface area (Å²) in [6.45, 7) is 5.33. The third-order valence-corrected chi connectivity index (χ3v) is 2.15. The number of esters is 1. The Morgan fingerprint density at radius 2 is 1.89 bits per heavy atom. The number of nitrogens with zero attached hydrogens (tertiary/aromatic N) is 1. The van der Waals surface area contributed by atoms with Gasteiger partial charge in [-0.15, -0.1) is 0 Å². The molecular formula is C12H18N2O4. The number of aromatic nitrogens is 1. The van der Waals surface area contributed by atoms with Crippen LogP contribution in [0.2, 0.25) is 0 Å². The van der Waals surface area contributed by atoms with Gasteiger partial charge >= 0.3 is 12.1 Å². The lowest BCUT2D eigenvalue weighted by Crippen LogP contribution is -2.28. The van der Waals surface area contributed by atoms with Crippen LogP contribution >= 0.6 is 0 Å². The number of anilines is 1. The summed E-state index contributed by atoms with van der Waals surface area (Å²) >= 11 is 0. The van der Waals surface area contributed by atoms with Crippen LogP contribution in [-0.4, -0.2) is 29.3 Å². The maximum Gasteiger partial charge on any atom is 0.413 e. The van der Waals surface area contributed by atoms with Crippen LogP contribution in [0.1, 0.15) is 31.3 Å². The van der Waals surface area contributed by atoms with Crippen LogP contribution in [0, 0.1) is 0 Å². The summed E-state index contributed by atoms with van der Waals surface area (Å²) in [5.74, 6) is -0.000566. The molecular weight excluding hydrogens is 236 g/mol. The van der Waals surface area contributed by atoms with Crippen LogP contribution in [0.4, 0.5) is 10.6 Å². The average molecular weight is 254 g/mol. The fourth-order valence-corrected chi connectivity index (χ4v) is 1.35. The molecule has 0 aliphatic rings. The predicted octanol–water partition coefficient (Wildman–Crippen LogP) is 2.16. The van der Waals surface area contributed by atoms with Gasteiger partial charge in [0, 0.05) is 7.05 Å². The van der Waals surface area contributed by atoms with Crippen molar-refractivity contribution in [2.75, 3.05) is 12.4 Å². The molecule has 1 heterocycles. The zero-order valence-electron chi connectivity index (χ0n) is 11.2. The summed E-state index contributed by atoms with van der Waals surface area (Å²) in [7, 11) is 2.95. The second kappa shape index (κ2) is 5.12. The summed E-state index contributed by atoms with van der Waals surface area (Å²) in [5, 5.41) is 2.56. The summed E-state index contributed by atoms with van der Waals surface area (Å²) in [5.41, 5.74) is -0.219. The Morgan fingerprint density at radius 3 is 2.39 bits per heavy atom. The minimum Gasteiger partial charge on any atom is -0.464 e. The fourth-order valence-electron chi connectivity index (χ4n) is 1.35. The largest absolute Gasteiger partial charge is 0.464 e. The molecule has 0 bridgehead atoms. The van der Waals surface area contributed by atoms with Crippen molar-refractivity contribution in [3.05, 3.63) is 17.8 Å². The molecule has 0 saturated carbocycles. The third kappa shape index (κ3) is 3.51.